The maximum Gasteiger partial charge on any atom is 0.195 e. The number of nitrogens with zero attached hydrogens (tertiary/aromatic N) is 4. The van der Waals surface area contributed by atoms with Gasteiger partial charge in [-0.3, -0.25) is 0 Å². The molecule has 0 bridgehead atoms. The van der Waals surface area contributed by atoms with Crippen LogP contribution in [0.3, 0.4) is 0 Å². The zero-order valence-corrected chi connectivity index (χ0v) is 14.9. The first kappa shape index (κ1) is 16.3. The van der Waals surface area contributed by atoms with Gasteiger partial charge in [-0.1, -0.05) is 26.0 Å². The average Bonchev–Trinajstić information content (AvgIpc) is 3.21. The van der Waals surface area contributed by atoms with Crippen molar-refractivity contribution in [2.75, 3.05) is 6.54 Å². The molecule has 0 unspecified atom stereocenters. The van der Waals surface area contributed by atoms with Crippen molar-refractivity contribution in [2.45, 2.75) is 58.0 Å². The van der Waals surface area contributed by atoms with E-state index in [-0.39, 0.29) is 0 Å². The van der Waals surface area contributed by atoms with Gasteiger partial charge in [0, 0.05) is 24.8 Å². The van der Waals surface area contributed by atoms with Crippen molar-refractivity contribution in [3.63, 3.8) is 0 Å². The third-order valence-electron chi connectivity index (χ3n) is 4.73. The van der Waals surface area contributed by atoms with Gasteiger partial charge < -0.3 is 9.73 Å². The fraction of sp³-hybridized carbons (Fsp3) is 0.526. The number of hydrogen-bond donors (Lipinski definition) is 1. The van der Waals surface area contributed by atoms with Crippen molar-refractivity contribution in [1.29, 1.82) is 0 Å². The smallest absolute Gasteiger partial charge is 0.195 e. The molecule has 1 N–H and O–H groups in total. The van der Waals surface area contributed by atoms with E-state index in [4.69, 9.17) is 4.42 Å². The number of nitrogens with one attached hydrogen (secondary N) is 1. The summed E-state index contributed by atoms with van der Waals surface area (Å²) in [5.74, 6) is 3.31. The molecule has 0 saturated heterocycles. The molecule has 4 rings (SSSR count). The molecule has 3 heterocycles. The van der Waals surface area contributed by atoms with Crippen LogP contribution >= 0.6 is 0 Å². The van der Waals surface area contributed by atoms with Crippen LogP contribution in [0.4, 0.5) is 0 Å². The summed E-state index contributed by atoms with van der Waals surface area (Å²) in [6.07, 6.45) is 4.01. The highest BCUT2D eigenvalue weighted by atomic mass is 16.3. The lowest BCUT2D eigenvalue weighted by Gasteiger charge is -2.23. The summed E-state index contributed by atoms with van der Waals surface area (Å²) in [7, 11) is 0. The van der Waals surface area contributed by atoms with Crippen LogP contribution in [0.1, 0.15) is 50.1 Å². The van der Waals surface area contributed by atoms with Crippen LogP contribution in [-0.4, -0.2) is 32.3 Å². The largest absolute Gasteiger partial charge is 0.441 e. The van der Waals surface area contributed by atoms with E-state index in [1.807, 2.05) is 24.3 Å². The molecule has 1 aliphatic heterocycles. The summed E-state index contributed by atoms with van der Waals surface area (Å²) in [6.45, 7) is 6.16. The summed E-state index contributed by atoms with van der Waals surface area (Å²) >= 11 is 0. The molecule has 1 aromatic carbocycles. The maximum absolute atomic E-state index is 5.77. The number of aromatic nitrogens is 4. The normalized spacial score (nSPS) is 17.3. The van der Waals surface area contributed by atoms with Crippen LogP contribution in [-0.2, 0) is 19.4 Å². The molecule has 1 aliphatic rings. The Bertz CT molecular complexity index is 817. The Balaban J connectivity index is 1.26. The second-order valence-corrected chi connectivity index (χ2v) is 7.09. The molecule has 6 nitrogen and oxygen atoms in total. The van der Waals surface area contributed by atoms with Crippen LogP contribution in [0.2, 0.25) is 0 Å². The summed E-state index contributed by atoms with van der Waals surface area (Å²) in [5.41, 5.74) is 1.81. The van der Waals surface area contributed by atoms with Crippen molar-refractivity contribution < 1.29 is 4.42 Å². The Morgan fingerprint density at radius 2 is 2.16 bits per heavy atom. The Labute approximate surface area is 147 Å². The van der Waals surface area contributed by atoms with Crippen molar-refractivity contribution >= 4 is 11.1 Å². The fourth-order valence-corrected chi connectivity index (χ4v) is 3.31. The number of benzene rings is 1. The van der Waals surface area contributed by atoms with Gasteiger partial charge in [0.25, 0.3) is 0 Å². The first-order chi connectivity index (χ1) is 12.2. The van der Waals surface area contributed by atoms with Crippen molar-refractivity contribution in [3.05, 3.63) is 41.8 Å². The van der Waals surface area contributed by atoms with Gasteiger partial charge >= 0.3 is 0 Å². The Morgan fingerprint density at radius 1 is 1.28 bits per heavy atom. The molecule has 132 valence electrons. The van der Waals surface area contributed by atoms with E-state index in [2.05, 4.69) is 38.9 Å². The van der Waals surface area contributed by atoms with Crippen molar-refractivity contribution in [1.82, 2.24) is 25.1 Å². The number of fused-ring (bicyclic) bond motifs is 2. The third kappa shape index (κ3) is 3.58. The summed E-state index contributed by atoms with van der Waals surface area (Å²) in [5, 5.41) is 8.29. The maximum atomic E-state index is 5.77. The van der Waals surface area contributed by atoms with Gasteiger partial charge in [0.1, 0.15) is 11.3 Å². The van der Waals surface area contributed by atoms with E-state index in [0.29, 0.717) is 12.0 Å². The molecular weight excluding hydrogens is 314 g/mol. The number of aryl methyl sites for hydroxylation is 2. The first-order valence-corrected chi connectivity index (χ1v) is 9.20. The number of para-hydroxylation sites is 2. The topological polar surface area (TPSA) is 68.8 Å². The van der Waals surface area contributed by atoms with Crippen LogP contribution in [0.25, 0.3) is 11.1 Å². The van der Waals surface area contributed by atoms with E-state index in [1.54, 1.807) is 0 Å². The summed E-state index contributed by atoms with van der Waals surface area (Å²) < 4.78 is 7.85. The summed E-state index contributed by atoms with van der Waals surface area (Å²) in [4.78, 5) is 9.17. The molecule has 6 heteroatoms. The number of oxazole rings is 1. The molecule has 3 aromatic rings. The van der Waals surface area contributed by atoms with Gasteiger partial charge in [-0.15, -0.1) is 0 Å². The van der Waals surface area contributed by atoms with Crippen LogP contribution in [0, 0.1) is 0 Å². The Hall–Kier alpha value is -2.21. The molecule has 25 heavy (non-hydrogen) atoms. The molecule has 0 fully saturated rings. The van der Waals surface area contributed by atoms with Crippen LogP contribution in [0.15, 0.2) is 28.7 Å². The van der Waals surface area contributed by atoms with E-state index in [9.17, 15) is 0 Å². The van der Waals surface area contributed by atoms with E-state index >= 15 is 0 Å². The molecule has 0 saturated carbocycles. The Kier molecular flexibility index (Phi) is 4.53. The molecule has 0 radical (unpaired) electrons. The van der Waals surface area contributed by atoms with E-state index in [1.165, 1.54) is 0 Å². The fourth-order valence-electron chi connectivity index (χ4n) is 3.31. The van der Waals surface area contributed by atoms with Crippen molar-refractivity contribution in [3.8, 4) is 0 Å². The first-order valence-electron chi connectivity index (χ1n) is 9.20. The van der Waals surface area contributed by atoms with Crippen molar-refractivity contribution in [2.24, 2.45) is 0 Å². The van der Waals surface area contributed by atoms with Gasteiger partial charge in [-0.2, -0.15) is 5.10 Å². The average molecular weight is 339 g/mol. The van der Waals surface area contributed by atoms with Gasteiger partial charge in [0.15, 0.2) is 17.3 Å². The lowest BCUT2D eigenvalue weighted by molar-refractivity contribution is 0.355. The Morgan fingerprint density at radius 3 is 3.00 bits per heavy atom. The second kappa shape index (κ2) is 6.96. The minimum absolute atomic E-state index is 0.390. The monoisotopic (exact) mass is 339 g/mol. The SMILES string of the molecule is CC(C)c1nc2n(n1)C[C@@H](NCCCc1nc3ccccc3o1)CC2. The summed E-state index contributed by atoms with van der Waals surface area (Å²) in [6, 6.07) is 8.39. The number of rotatable bonds is 6. The lowest BCUT2D eigenvalue weighted by atomic mass is 10.1. The number of hydrogen-bond acceptors (Lipinski definition) is 5. The van der Waals surface area contributed by atoms with Gasteiger partial charge in [0.2, 0.25) is 0 Å². The molecule has 1 atom stereocenters. The highest BCUT2D eigenvalue weighted by Gasteiger charge is 2.21. The van der Waals surface area contributed by atoms with E-state index < -0.39 is 0 Å². The minimum Gasteiger partial charge on any atom is -0.441 e. The zero-order chi connectivity index (χ0) is 17.2. The highest BCUT2D eigenvalue weighted by molar-refractivity contribution is 5.72. The van der Waals surface area contributed by atoms with Gasteiger partial charge in [-0.05, 0) is 31.5 Å². The van der Waals surface area contributed by atoms with Gasteiger partial charge in [0.05, 0.1) is 6.54 Å². The second-order valence-electron chi connectivity index (χ2n) is 7.09. The van der Waals surface area contributed by atoms with Crippen LogP contribution < -0.4 is 5.32 Å². The molecule has 0 aliphatic carbocycles. The third-order valence-corrected chi connectivity index (χ3v) is 4.73. The zero-order valence-electron chi connectivity index (χ0n) is 14.9. The quantitative estimate of drug-likeness (QED) is 0.699. The predicted molar refractivity (Wildman–Crippen MR) is 96.6 cm³/mol. The molecule has 0 spiro atoms. The lowest BCUT2D eigenvalue weighted by Crippen LogP contribution is -2.38. The van der Waals surface area contributed by atoms with E-state index in [0.717, 1.165) is 67.4 Å². The molecular formula is C19H25N5O. The standard InChI is InChI=1S/C19H25N5O/c1-13(2)19-22-17-10-9-14(12-24(17)23-19)20-11-5-8-18-21-15-6-3-4-7-16(15)25-18/h3-4,6-7,13-14,20H,5,8-12H2,1-2H3/t14-/m0/s1. The van der Waals surface area contributed by atoms with Crippen LogP contribution in [0.5, 0.6) is 0 Å². The predicted octanol–water partition coefficient (Wildman–Crippen LogP) is 3.08. The highest BCUT2D eigenvalue weighted by Crippen LogP contribution is 2.18. The molecule has 0 amide bonds. The molecule has 2 aromatic heterocycles. The van der Waals surface area contributed by atoms with Gasteiger partial charge in [-0.25, -0.2) is 14.6 Å². The minimum atomic E-state index is 0.390.